The highest BCUT2D eigenvalue weighted by molar-refractivity contribution is 6.00. The van der Waals surface area contributed by atoms with E-state index in [0.717, 1.165) is 0 Å². The summed E-state index contributed by atoms with van der Waals surface area (Å²) in [5, 5.41) is 21.9. The number of rotatable bonds is 4. The number of hydrogen-bond acceptors (Lipinski definition) is 9. The van der Waals surface area contributed by atoms with Gasteiger partial charge in [-0.2, -0.15) is 0 Å². The SMILES string of the molecule is CC[C@H]1OC(=O)[C@H](C)C(=O)[C@H](C)[C@@H](O[C@@H]2O[C@H](C)C[C@H](N(C)C)[C@H]2O)[C@@H](C)C[C@@H](C)C(=O)C=C[C@]1(C)O. The Labute approximate surface area is 221 Å². The number of carbonyl (C=O) groups is 3. The number of Topliss-reactive ketones (excluding diaryl/α,β-unsaturated/α-hetero) is 1. The second-order valence-corrected chi connectivity index (χ2v) is 11.5. The van der Waals surface area contributed by atoms with Crippen LogP contribution in [0, 0.1) is 23.7 Å². The maximum absolute atomic E-state index is 13.5. The van der Waals surface area contributed by atoms with Gasteiger partial charge < -0.3 is 29.3 Å². The summed E-state index contributed by atoms with van der Waals surface area (Å²) in [6.07, 6.45) is 0.318. The molecule has 9 nitrogen and oxygen atoms in total. The predicted molar refractivity (Wildman–Crippen MR) is 139 cm³/mol. The van der Waals surface area contributed by atoms with E-state index in [1.165, 1.54) is 26.0 Å². The van der Waals surface area contributed by atoms with Crippen LogP contribution in [0.25, 0.3) is 0 Å². The molecule has 212 valence electrons. The zero-order chi connectivity index (χ0) is 28.2. The topological polar surface area (TPSA) is 123 Å². The average molecular weight is 526 g/mol. The maximum Gasteiger partial charge on any atom is 0.316 e. The van der Waals surface area contributed by atoms with Gasteiger partial charge in [0.1, 0.15) is 23.7 Å². The van der Waals surface area contributed by atoms with Crippen LogP contribution >= 0.6 is 0 Å². The third-order valence-corrected chi connectivity index (χ3v) is 7.93. The number of esters is 1. The van der Waals surface area contributed by atoms with E-state index in [9.17, 15) is 24.6 Å². The van der Waals surface area contributed by atoms with Gasteiger partial charge in [0.2, 0.25) is 0 Å². The highest BCUT2D eigenvalue weighted by Crippen LogP contribution is 2.32. The smallest absolute Gasteiger partial charge is 0.316 e. The van der Waals surface area contributed by atoms with Gasteiger partial charge in [0, 0.05) is 17.9 Å². The van der Waals surface area contributed by atoms with Crippen molar-refractivity contribution in [1.82, 2.24) is 4.90 Å². The largest absolute Gasteiger partial charge is 0.458 e. The van der Waals surface area contributed by atoms with Crippen LogP contribution in [-0.4, -0.2) is 89.1 Å². The Morgan fingerprint density at radius 2 is 1.73 bits per heavy atom. The predicted octanol–water partition coefficient (Wildman–Crippen LogP) is 2.51. The summed E-state index contributed by atoms with van der Waals surface area (Å²) in [7, 11) is 3.77. The molecule has 0 aliphatic carbocycles. The van der Waals surface area contributed by atoms with E-state index in [1.807, 2.05) is 32.8 Å². The minimum absolute atomic E-state index is 0.168. The Morgan fingerprint density at radius 3 is 2.30 bits per heavy atom. The molecular weight excluding hydrogens is 478 g/mol. The minimum Gasteiger partial charge on any atom is -0.458 e. The van der Waals surface area contributed by atoms with E-state index in [0.29, 0.717) is 19.3 Å². The number of hydrogen-bond donors (Lipinski definition) is 2. The van der Waals surface area contributed by atoms with Gasteiger partial charge in [0.25, 0.3) is 0 Å². The van der Waals surface area contributed by atoms with Crippen molar-refractivity contribution >= 4 is 17.5 Å². The highest BCUT2D eigenvalue weighted by Gasteiger charge is 2.44. The number of aliphatic hydroxyl groups is 2. The molecule has 0 aromatic heterocycles. The Kier molecular flexibility index (Phi) is 11.0. The number of ketones is 2. The number of carbonyl (C=O) groups excluding carboxylic acids is 3. The number of likely N-dealkylation sites (N-methyl/N-ethyl adjacent to an activating group) is 1. The maximum atomic E-state index is 13.5. The molecule has 0 amide bonds. The Morgan fingerprint density at radius 1 is 1.11 bits per heavy atom. The molecule has 2 aliphatic rings. The van der Waals surface area contributed by atoms with Crippen LogP contribution in [0.3, 0.4) is 0 Å². The van der Waals surface area contributed by atoms with Crippen molar-refractivity contribution in [3.8, 4) is 0 Å². The van der Waals surface area contributed by atoms with Crippen LogP contribution < -0.4 is 0 Å². The minimum atomic E-state index is -1.57. The number of allylic oxidation sites excluding steroid dienone is 1. The van der Waals surface area contributed by atoms with Crippen molar-refractivity contribution in [2.24, 2.45) is 23.7 Å². The fraction of sp³-hybridized carbons (Fsp3) is 0.821. The molecule has 0 saturated carbocycles. The number of aliphatic hydroxyl groups excluding tert-OH is 1. The van der Waals surface area contributed by atoms with Crippen LogP contribution in [0.1, 0.15) is 67.7 Å². The summed E-state index contributed by atoms with van der Waals surface area (Å²) in [6, 6.07) is -0.188. The Balaban J connectivity index is 2.44. The summed E-state index contributed by atoms with van der Waals surface area (Å²) in [6.45, 7) is 12.0. The van der Waals surface area contributed by atoms with Crippen molar-refractivity contribution in [2.45, 2.75) is 110 Å². The first-order valence-electron chi connectivity index (χ1n) is 13.5. The monoisotopic (exact) mass is 525 g/mol. The quantitative estimate of drug-likeness (QED) is 0.421. The molecular formula is C28H47NO8. The van der Waals surface area contributed by atoms with E-state index in [1.54, 1.807) is 20.8 Å². The molecule has 9 heteroatoms. The standard InChI is InChI=1S/C28H47NO8/c1-10-22-28(7,34)12-11-21(30)15(2)13-16(3)25(18(5)23(31)19(6)26(33)36-22)37-27-24(32)20(29(8)9)14-17(4)35-27/h11-12,15-20,22,24-25,27,32,34H,10,13-14H2,1-9H3/t15-,16+,17-,18+,19-,20+,22-,24-,25+,27+,28+/m1/s1. The molecule has 0 aromatic carbocycles. The van der Waals surface area contributed by atoms with Gasteiger partial charge in [-0.3, -0.25) is 14.4 Å². The van der Waals surface area contributed by atoms with Crippen molar-refractivity contribution in [3.63, 3.8) is 0 Å². The lowest BCUT2D eigenvalue weighted by Gasteiger charge is -2.43. The molecule has 1 saturated heterocycles. The molecule has 0 radical (unpaired) electrons. The summed E-state index contributed by atoms with van der Waals surface area (Å²) in [4.78, 5) is 41.3. The van der Waals surface area contributed by atoms with E-state index in [-0.39, 0.29) is 29.6 Å². The molecule has 1 fully saturated rings. The van der Waals surface area contributed by atoms with Gasteiger partial charge in [0.05, 0.1) is 12.2 Å². The normalized spacial score (nSPS) is 43.0. The van der Waals surface area contributed by atoms with Crippen molar-refractivity contribution in [2.75, 3.05) is 14.1 Å². The van der Waals surface area contributed by atoms with Gasteiger partial charge in [-0.15, -0.1) is 0 Å². The highest BCUT2D eigenvalue weighted by atomic mass is 16.7. The van der Waals surface area contributed by atoms with Gasteiger partial charge in [-0.1, -0.05) is 27.7 Å². The lowest BCUT2D eigenvalue weighted by molar-refractivity contribution is -0.278. The molecule has 2 heterocycles. The zero-order valence-corrected chi connectivity index (χ0v) is 23.8. The molecule has 11 atom stereocenters. The van der Waals surface area contributed by atoms with E-state index in [2.05, 4.69) is 0 Å². The fourth-order valence-corrected chi connectivity index (χ4v) is 5.42. The summed E-state index contributed by atoms with van der Waals surface area (Å²) < 4.78 is 17.9. The molecule has 0 bridgehead atoms. The molecule has 0 aromatic rings. The molecule has 2 rings (SSSR count). The molecule has 0 unspecified atom stereocenters. The third-order valence-electron chi connectivity index (χ3n) is 7.93. The Hall–Kier alpha value is -1.65. The van der Waals surface area contributed by atoms with Gasteiger partial charge in [0.15, 0.2) is 17.9 Å². The van der Waals surface area contributed by atoms with Crippen LogP contribution in [0.5, 0.6) is 0 Å². The first-order chi connectivity index (χ1) is 17.1. The summed E-state index contributed by atoms with van der Waals surface area (Å²) in [5.74, 6) is -3.83. The van der Waals surface area contributed by atoms with Crippen molar-refractivity contribution in [1.29, 1.82) is 0 Å². The third kappa shape index (κ3) is 7.69. The first-order valence-corrected chi connectivity index (χ1v) is 13.5. The summed E-state index contributed by atoms with van der Waals surface area (Å²) in [5.41, 5.74) is -1.57. The summed E-state index contributed by atoms with van der Waals surface area (Å²) >= 11 is 0. The number of ether oxygens (including phenoxy) is 3. The number of nitrogens with zero attached hydrogens (tertiary/aromatic N) is 1. The van der Waals surface area contributed by atoms with Crippen LogP contribution in [0.4, 0.5) is 0 Å². The lowest BCUT2D eigenvalue weighted by Crippen LogP contribution is -2.56. The molecule has 37 heavy (non-hydrogen) atoms. The molecule has 2 aliphatic heterocycles. The van der Waals surface area contributed by atoms with Crippen molar-refractivity contribution < 1.29 is 38.8 Å². The van der Waals surface area contributed by atoms with E-state index < -0.39 is 53.9 Å². The second-order valence-electron chi connectivity index (χ2n) is 11.5. The van der Waals surface area contributed by atoms with Crippen LogP contribution in [-0.2, 0) is 28.6 Å². The van der Waals surface area contributed by atoms with Crippen LogP contribution in [0.15, 0.2) is 12.2 Å². The average Bonchev–Trinajstić information content (AvgIpc) is 2.83. The molecule has 0 spiro atoms. The van der Waals surface area contributed by atoms with E-state index >= 15 is 0 Å². The zero-order valence-electron chi connectivity index (χ0n) is 23.8. The van der Waals surface area contributed by atoms with Crippen LogP contribution in [0.2, 0.25) is 0 Å². The second kappa shape index (κ2) is 12.9. The van der Waals surface area contributed by atoms with Gasteiger partial charge >= 0.3 is 5.97 Å². The van der Waals surface area contributed by atoms with Gasteiger partial charge in [-0.25, -0.2) is 0 Å². The van der Waals surface area contributed by atoms with Crippen molar-refractivity contribution in [3.05, 3.63) is 12.2 Å². The number of cyclic esters (lactones) is 1. The first kappa shape index (κ1) is 31.6. The van der Waals surface area contributed by atoms with E-state index in [4.69, 9.17) is 14.2 Å². The van der Waals surface area contributed by atoms with Gasteiger partial charge in [-0.05, 0) is 72.2 Å². The lowest BCUT2D eigenvalue weighted by atomic mass is 9.80. The fourth-order valence-electron chi connectivity index (χ4n) is 5.42. The Bertz CT molecular complexity index is 840. The molecule has 2 N–H and O–H groups in total.